The molecule has 0 radical (unpaired) electrons. The predicted molar refractivity (Wildman–Crippen MR) is 54.2 cm³/mol. The van der Waals surface area contributed by atoms with Crippen LogP contribution in [-0.4, -0.2) is 20.5 Å². The highest BCUT2D eigenvalue weighted by atomic mass is 32.2. The molecule has 14 heavy (non-hydrogen) atoms. The molecule has 1 amide bonds. The largest absolute Gasteiger partial charge is 0.372 e. The van der Waals surface area contributed by atoms with E-state index in [2.05, 4.69) is 5.32 Å². The van der Waals surface area contributed by atoms with Gasteiger partial charge >= 0.3 is 0 Å². The summed E-state index contributed by atoms with van der Waals surface area (Å²) in [5.74, 6) is -0.610. The Morgan fingerprint density at radius 3 is 2.86 bits per heavy atom. The minimum atomic E-state index is -1.91. The van der Waals surface area contributed by atoms with E-state index in [1.807, 2.05) is 0 Å². The molecule has 6 heteroatoms. The fraction of sp³-hybridized carbons (Fsp3) is 0.125. The van der Waals surface area contributed by atoms with Gasteiger partial charge in [0, 0.05) is 11.3 Å². The summed E-state index contributed by atoms with van der Waals surface area (Å²) in [4.78, 5) is 10.8. The number of carbonyl (C=O) groups is 1. The number of amides is 1. The van der Waals surface area contributed by atoms with E-state index in [9.17, 15) is 9.00 Å². The number of benzene rings is 1. The molecule has 0 fully saturated rings. The van der Waals surface area contributed by atoms with Crippen LogP contribution in [0.3, 0.4) is 0 Å². The van der Waals surface area contributed by atoms with Gasteiger partial charge in [-0.25, -0.2) is 4.21 Å². The van der Waals surface area contributed by atoms with Crippen molar-refractivity contribution in [2.75, 3.05) is 11.2 Å². The van der Waals surface area contributed by atoms with E-state index >= 15 is 0 Å². The summed E-state index contributed by atoms with van der Waals surface area (Å²) >= 11 is -1.91. The Bertz CT molecular complexity index is 367. The van der Waals surface area contributed by atoms with Crippen LogP contribution in [0.4, 0.5) is 5.69 Å². The zero-order valence-corrected chi connectivity index (χ0v) is 8.08. The normalized spacial score (nSPS) is 12.1. The maximum absolute atomic E-state index is 10.8. The molecule has 1 atom stereocenters. The number of nitrogens with one attached hydrogen (secondary N) is 1. The maximum Gasteiger partial charge on any atom is 0.248 e. The van der Waals surface area contributed by atoms with Crippen LogP contribution >= 0.6 is 0 Å². The molecule has 0 aromatic heterocycles. The second-order valence-corrected chi connectivity index (χ2v) is 3.52. The Labute approximate surface area is 83.6 Å². The SMILES string of the molecule is NC(=O)c1cccc(NCS(=O)O)c1. The van der Waals surface area contributed by atoms with Crippen LogP contribution in [0.5, 0.6) is 0 Å². The van der Waals surface area contributed by atoms with Crippen LogP contribution in [0.2, 0.25) is 0 Å². The smallest absolute Gasteiger partial charge is 0.248 e. The molecule has 0 aliphatic heterocycles. The van der Waals surface area contributed by atoms with E-state index in [-0.39, 0.29) is 5.88 Å². The van der Waals surface area contributed by atoms with Gasteiger partial charge in [-0.05, 0) is 18.2 Å². The lowest BCUT2D eigenvalue weighted by molar-refractivity contribution is 0.100. The van der Waals surface area contributed by atoms with Crippen molar-refractivity contribution in [3.05, 3.63) is 29.8 Å². The lowest BCUT2D eigenvalue weighted by atomic mass is 10.2. The van der Waals surface area contributed by atoms with Gasteiger partial charge in [0.05, 0.1) is 0 Å². The summed E-state index contributed by atoms with van der Waals surface area (Å²) in [7, 11) is 0. The average molecular weight is 214 g/mol. The summed E-state index contributed by atoms with van der Waals surface area (Å²) < 4.78 is 18.9. The topological polar surface area (TPSA) is 92.4 Å². The lowest BCUT2D eigenvalue weighted by Gasteiger charge is -2.04. The van der Waals surface area contributed by atoms with Crippen LogP contribution in [0.25, 0.3) is 0 Å². The van der Waals surface area contributed by atoms with Gasteiger partial charge in [-0.3, -0.25) is 4.79 Å². The van der Waals surface area contributed by atoms with Gasteiger partial charge < -0.3 is 15.6 Å². The van der Waals surface area contributed by atoms with Crippen molar-refractivity contribution >= 4 is 22.7 Å². The molecular formula is C8H10N2O3S. The zero-order chi connectivity index (χ0) is 10.6. The molecule has 0 saturated heterocycles. The first-order valence-corrected chi connectivity index (χ1v) is 5.08. The average Bonchev–Trinajstić information content (AvgIpc) is 2.15. The molecule has 0 bridgehead atoms. The number of hydrogen-bond acceptors (Lipinski definition) is 3. The van der Waals surface area contributed by atoms with Crippen molar-refractivity contribution < 1.29 is 13.6 Å². The quantitative estimate of drug-likeness (QED) is 0.631. The van der Waals surface area contributed by atoms with E-state index in [0.717, 1.165) is 0 Å². The van der Waals surface area contributed by atoms with E-state index in [0.29, 0.717) is 11.3 Å². The summed E-state index contributed by atoms with van der Waals surface area (Å²) in [6.45, 7) is 0. The molecule has 0 heterocycles. The minimum absolute atomic E-state index is 0.0811. The predicted octanol–water partition coefficient (Wildman–Crippen LogP) is 0.377. The highest BCUT2D eigenvalue weighted by Crippen LogP contribution is 2.09. The maximum atomic E-state index is 10.8. The van der Waals surface area contributed by atoms with Gasteiger partial charge in [-0.15, -0.1) is 0 Å². The van der Waals surface area contributed by atoms with Crippen molar-refractivity contribution in [2.45, 2.75) is 0 Å². The number of carbonyl (C=O) groups excluding carboxylic acids is 1. The molecule has 0 aliphatic carbocycles. The second kappa shape index (κ2) is 4.73. The number of primary amides is 1. The number of hydrogen-bond donors (Lipinski definition) is 3. The Morgan fingerprint density at radius 1 is 1.57 bits per heavy atom. The first kappa shape index (κ1) is 10.7. The number of anilines is 1. The molecule has 0 saturated carbocycles. The van der Waals surface area contributed by atoms with Crippen LogP contribution in [0.15, 0.2) is 24.3 Å². The Morgan fingerprint density at radius 2 is 2.29 bits per heavy atom. The van der Waals surface area contributed by atoms with E-state index in [1.165, 1.54) is 6.07 Å². The first-order valence-electron chi connectivity index (χ1n) is 3.81. The van der Waals surface area contributed by atoms with Crippen LogP contribution in [0.1, 0.15) is 10.4 Å². The van der Waals surface area contributed by atoms with Crippen molar-refractivity contribution in [3.63, 3.8) is 0 Å². The van der Waals surface area contributed by atoms with E-state index in [1.54, 1.807) is 18.2 Å². The molecule has 4 N–H and O–H groups in total. The minimum Gasteiger partial charge on any atom is -0.372 e. The van der Waals surface area contributed by atoms with Crippen molar-refractivity contribution in [2.24, 2.45) is 5.73 Å². The Hall–Kier alpha value is -1.40. The Balaban J connectivity index is 2.73. The van der Waals surface area contributed by atoms with E-state index in [4.69, 9.17) is 10.3 Å². The van der Waals surface area contributed by atoms with Gasteiger partial charge in [0.1, 0.15) is 5.88 Å². The lowest BCUT2D eigenvalue weighted by Crippen LogP contribution is -2.12. The summed E-state index contributed by atoms with van der Waals surface area (Å²) in [5, 5.41) is 2.68. The molecule has 5 nitrogen and oxygen atoms in total. The molecule has 0 spiro atoms. The molecule has 76 valence electrons. The fourth-order valence-electron chi connectivity index (χ4n) is 0.927. The molecule has 1 unspecified atom stereocenters. The highest BCUT2D eigenvalue weighted by Gasteiger charge is 2.01. The molecule has 1 aromatic rings. The zero-order valence-electron chi connectivity index (χ0n) is 7.27. The van der Waals surface area contributed by atoms with Gasteiger partial charge in [-0.1, -0.05) is 6.07 Å². The Kier molecular flexibility index (Phi) is 3.61. The summed E-state index contributed by atoms with van der Waals surface area (Å²) in [6.07, 6.45) is 0. The molecule has 0 aliphatic rings. The number of nitrogens with two attached hydrogens (primary N) is 1. The van der Waals surface area contributed by atoms with Crippen LogP contribution in [-0.2, 0) is 11.1 Å². The third-order valence-corrected chi connectivity index (χ3v) is 1.94. The van der Waals surface area contributed by atoms with Gasteiger partial charge in [0.2, 0.25) is 5.91 Å². The standard InChI is InChI=1S/C8H10N2O3S/c9-8(11)6-2-1-3-7(4-6)10-5-14(12)13/h1-4,10H,5H2,(H2,9,11)(H,12,13). The van der Waals surface area contributed by atoms with Crippen molar-refractivity contribution in [1.82, 2.24) is 0 Å². The van der Waals surface area contributed by atoms with E-state index < -0.39 is 17.0 Å². The monoisotopic (exact) mass is 214 g/mol. The third-order valence-electron chi connectivity index (χ3n) is 1.55. The third kappa shape index (κ3) is 3.15. The highest BCUT2D eigenvalue weighted by molar-refractivity contribution is 7.79. The van der Waals surface area contributed by atoms with Crippen molar-refractivity contribution in [1.29, 1.82) is 0 Å². The van der Waals surface area contributed by atoms with Crippen molar-refractivity contribution in [3.8, 4) is 0 Å². The second-order valence-electron chi connectivity index (χ2n) is 2.59. The fourth-order valence-corrected chi connectivity index (χ4v) is 1.22. The molecular weight excluding hydrogens is 204 g/mol. The number of rotatable bonds is 4. The summed E-state index contributed by atoms with van der Waals surface area (Å²) in [6, 6.07) is 6.42. The molecule has 1 aromatic carbocycles. The molecule has 1 rings (SSSR count). The first-order chi connectivity index (χ1) is 6.59. The van der Waals surface area contributed by atoms with Gasteiger partial charge in [-0.2, -0.15) is 0 Å². The summed E-state index contributed by atoms with van der Waals surface area (Å²) in [5.41, 5.74) is 6.01. The van der Waals surface area contributed by atoms with Crippen LogP contribution < -0.4 is 11.1 Å². The van der Waals surface area contributed by atoms with Gasteiger partial charge in [0.15, 0.2) is 11.1 Å². The van der Waals surface area contributed by atoms with Gasteiger partial charge in [0.25, 0.3) is 0 Å². The van der Waals surface area contributed by atoms with Crippen LogP contribution in [0, 0.1) is 0 Å².